The van der Waals surface area contributed by atoms with Crippen LogP contribution in [-0.4, -0.2) is 82.9 Å². The molecule has 6 atom stereocenters. The van der Waals surface area contributed by atoms with Crippen LogP contribution in [0.3, 0.4) is 0 Å². The molecule has 4 N–H and O–H groups in total. The number of hydrogen-bond acceptors (Lipinski definition) is 8. The Bertz CT molecular complexity index is 2550. The maximum atomic E-state index is 11.3. The van der Waals surface area contributed by atoms with Gasteiger partial charge in [-0.05, 0) is 166 Å². The fourth-order valence-corrected chi connectivity index (χ4v) is 13.5. The summed E-state index contributed by atoms with van der Waals surface area (Å²) in [4.78, 5) is 24.3. The van der Waals surface area contributed by atoms with Gasteiger partial charge < -0.3 is 40.9 Å². The minimum Gasteiger partial charge on any atom is -0.399 e. The highest BCUT2D eigenvalue weighted by molar-refractivity contribution is 5.88. The molecule has 0 aliphatic carbocycles. The molecule has 14 rings (SSSR count). The van der Waals surface area contributed by atoms with E-state index in [-0.39, 0.29) is 11.3 Å². The quantitative estimate of drug-likeness (QED) is 0.145. The molecule has 0 aromatic heterocycles. The molecule has 6 bridgehead atoms. The number of hydrogen-bond donors (Lipinski definition) is 3. The molecule has 9 aliphatic heterocycles. The Hall–Kier alpha value is -5.67. The minimum absolute atomic E-state index is 0.0314. The summed E-state index contributed by atoms with van der Waals surface area (Å²) in [6.45, 7) is 32.7. The van der Waals surface area contributed by atoms with Crippen LogP contribution in [0.1, 0.15) is 84.4 Å². The lowest BCUT2D eigenvalue weighted by Crippen LogP contribution is -2.53. The number of aryl methyl sites for hydroxylation is 3. The zero-order valence-corrected chi connectivity index (χ0v) is 44.7. The van der Waals surface area contributed by atoms with Crippen LogP contribution in [0.4, 0.5) is 39.8 Å². The molecule has 5 aromatic carbocycles. The van der Waals surface area contributed by atoms with Crippen molar-refractivity contribution in [1.29, 1.82) is 0 Å². The van der Waals surface area contributed by atoms with E-state index in [4.69, 9.17) is 5.73 Å². The first-order valence-corrected chi connectivity index (χ1v) is 26.7. The molecule has 5 aromatic rings. The molecule has 9 nitrogen and oxygen atoms in total. The molecule has 9 heteroatoms. The summed E-state index contributed by atoms with van der Waals surface area (Å²) in [6.07, 6.45) is 3.92. The minimum atomic E-state index is -0.0314. The standard InChI is InChI=1S/C24H31N3O.C22H29N3.C16H24N2/c1-17-5-9-22(10-6-17)27-15-19-13-24(3,4)23(27)16-26(14-19)21-11-7-20(8-12-21)25-18(2)28;1-16-4-8-20(9-5-16)25-14-17-12-22(2,3)21(25)15-24(13-17)19-10-6-18(23)7-11-19;1-12-4-6-14(7-5-12)18-11-13-8-16(2,3)15(18)10-17-9-13/h5-12,19,23H,13-16H2,1-4H3,(H,25,28);4-11,17,21H,12-15,23H2,1-3H3;4-7,13,15,17H,8-11H2,1-3H3/t19-,23?;17-,21?;13-,15?/m111/s1. The Kier molecular flexibility index (Phi) is 14.5. The van der Waals surface area contributed by atoms with E-state index in [1.54, 1.807) is 6.92 Å². The van der Waals surface area contributed by atoms with Crippen molar-refractivity contribution in [2.75, 3.05) is 94.5 Å². The fourth-order valence-electron chi connectivity index (χ4n) is 13.5. The molecule has 9 heterocycles. The predicted octanol–water partition coefficient (Wildman–Crippen LogP) is 11.8. The van der Waals surface area contributed by atoms with Crippen molar-refractivity contribution in [2.45, 2.75) is 107 Å². The Morgan fingerprint density at radius 1 is 0.465 bits per heavy atom. The number of carbonyl (C=O) groups excluding carboxylic acids is 1. The summed E-state index contributed by atoms with van der Waals surface area (Å²) in [5.74, 6) is 2.09. The molecule has 0 spiro atoms. The van der Waals surface area contributed by atoms with Crippen LogP contribution in [-0.2, 0) is 4.79 Å². The van der Waals surface area contributed by atoms with Crippen LogP contribution in [0.15, 0.2) is 121 Å². The van der Waals surface area contributed by atoms with Crippen molar-refractivity contribution in [3.63, 3.8) is 0 Å². The van der Waals surface area contributed by atoms with Crippen molar-refractivity contribution < 1.29 is 4.79 Å². The van der Waals surface area contributed by atoms with Crippen LogP contribution in [0.25, 0.3) is 0 Å². The number of rotatable bonds is 6. The number of nitrogens with zero attached hydrogens (tertiary/aromatic N) is 5. The SMILES string of the molecule is CC(=O)Nc1ccc(N2CC3N(c4ccc(C)cc4)C[C@@H](C2)CC3(C)C)cc1.Cc1ccc(N2C[C@H]3CN(c4ccc(N)cc4)CC2C(C)(C)C3)cc1.Cc1ccc(N2C[C@H]3CNCC2C(C)(C)C3)cc1. The van der Waals surface area contributed by atoms with E-state index in [1.165, 1.54) is 77.5 Å². The van der Waals surface area contributed by atoms with E-state index in [9.17, 15) is 4.79 Å². The molecule has 71 heavy (non-hydrogen) atoms. The van der Waals surface area contributed by atoms with Gasteiger partial charge >= 0.3 is 0 Å². The van der Waals surface area contributed by atoms with Crippen LogP contribution in [0, 0.1) is 54.8 Å². The lowest BCUT2D eigenvalue weighted by atomic mass is 9.73. The third kappa shape index (κ3) is 11.5. The smallest absolute Gasteiger partial charge is 0.221 e. The first-order valence-electron chi connectivity index (χ1n) is 26.7. The zero-order chi connectivity index (χ0) is 50.2. The van der Waals surface area contributed by atoms with Crippen molar-refractivity contribution in [3.05, 3.63) is 138 Å². The van der Waals surface area contributed by atoms with E-state index in [2.05, 4.69) is 195 Å². The number of benzene rings is 5. The number of anilines is 7. The van der Waals surface area contributed by atoms with Gasteiger partial charge in [-0.1, -0.05) is 94.6 Å². The van der Waals surface area contributed by atoms with E-state index in [1.807, 2.05) is 24.3 Å². The van der Waals surface area contributed by atoms with Crippen molar-refractivity contribution >= 4 is 45.7 Å². The highest BCUT2D eigenvalue weighted by Gasteiger charge is 2.48. The average molecular weight is 957 g/mol. The number of nitrogens with one attached hydrogen (secondary N) is 2. The molecule has 9 saturated heterocycles. The van der Waals surface area contributed by atoms with Crippen molar-refractivity contribution in [3.8, 4) is 0 Å². The van der Waals surface area contributed by atoms with Crippen LogP contribution in [0.2, 0.25) is 0 Å². The third-order valence-corrected chi connectivity index (χ3v) is 17.1. The first kappa shape index (κ1) is 50.3. The molecule has 9 aliphatic rings. The fraction of sp³-hybridized carbons (Fsp3) is 0.500. The maximum Gasteiger partial charge on any atom is 0.221 e. The summed E-state index contributed by atoms with van der Waals surface area (Å²) >= 11 is 0. The normalized spacial score (nSPS) is 25.7. The Balaban J connectivity index is 0.000000135. The molecule has 9 fully saturated rings. The van der Waals surface area contributed by atoms with Gasteiger partial charge in [-0.15, -0.1) is 0 Å². The second kappa shape index (κ2) is 20.4. The maximum absolute atomic E-state index is 11.3. The number of fused-ring (bicyclic) bond motifs is 12. The van der Waals surface area contributed by atoms with Crippen molar-refractivity contribution in [1.82, 2.24) is 5.32 Å². The number of nitrogens with two attached hydrogens (primary N) is 1. The zero-order valence-electron chi connectivity index (χ0n) is 44.7. The van der Waals surface area contributed by atoms with Crippen LogP contribution in [0.5, 0.6) is 0 Å². The summed E-state index contributed by atoms with van der Waals surface area (Å²) in [5, 5.41) is 6.49. The second-order valence-electron chi connectivity index (χ2n) is 24.5. The van der Waals surface area contributed by atoms with Gasteiger partial charge in [0.05, 0.1) is 12.1 Å². The molecule has 0 radical (unpaired) electrons. The Morgan fingerprint density at radius 3 is 1.24 bits per heavy atom. The Morgan fingerprint density at radius 2 is 0.817 bits per heavy atom. The van der Waals surface area contributed by atoms with E-state index in [0.717, 1.165) is 63.1 Å². The van der Waals surface area contributed by atoms with E-state index < -0.39 is 0 Å². The summed E-state index contributed by atoms with van der Waals surface area (Å²) in [5.41, 5.74) is 19.2. The van der Waals surface area contributed by atoms with E-state index in [0.29, 0.717) is 40.8 Å². The second-order valence-corrected chi connectivity index (χ2v) is 24.5. The largest absolute Gasteiger partial charge is 0.399 e. The molecule has 378 valence electrons. The van der Waals surface area contributed by atoms with Gasteiger partial charge in [0.2, 0.25) is 5.91 Å². The molecule has 0 saturated carbocycles. The average Bonchev–Trinajstić information content (AvgIpc) is 3.87. The first-order chi connectivity index (χ1) is 33.8. The molecular weight excluding hydrogens is 873 g/mol. The van der Waals surface area contributed by atoms with Gasteiger partial charge in [-0.25, -0.2) is 0 Å². The van der Waals surface area contributed by atoms with Gasteiger partial charge in [0.1, 0.15) is 0 Å². The summed E-state index contributed by atoms with van der Waals surface area (Å²) in [6, 6.07) is 45.4. The number of amides is 1. The number of nitrogen functional groups attached to an aromatic ring is 1. The highest BCUT2D eigenvalue weighted by atomic mass is 16.1. The Labute approximate surface area is 427 Å². The van der Waals surface area contributed by atoms with Gasteiger partial charge in [-0.2, -0.15) is 0 Å². The monoisotopic (exact) mass is 957 g/mol. The van der Waals surface area contributed by atoms with Gasteiger partial charge in [0.15, 0.2) is 0 Å². The third-order valence-electron chi connectivity index (χ3n) is 17.1. The van der Waals surface area contributed by atoms with Crippen LogP contribution < -0.4 is 40.9 Å². The van der Waals surface area contributed by atoms with Crippen molar-refractivity contribution in [2.24, 2.45) is 34.0 Å². The summed E-state index contributed by atoms with van der Waals surface area (Å²) < 4.78 is 0. The number of piperidine rings is 3. The highest BCUT2D eigenvalue weighted by Crippen LogP contribution is 2.46. The topological polar surface area (TPSA) is 83.4 Å². The number of carbonyl (C=O) groups is 1. The summed E-state index contributed by atoms with van der Waals surface area (Å²) in [7, 11) is 0. The molecular formula is C62H84N8O. The van der Waals surface area contributed by atoms with Gasteiger partial charge in [0, 0.05) is 105 Å². The predicted molar refractivity (Wildman–Crippen MR) is 301 cm³/mol. The van der Waals surface area contributed by atoms with Crippen LogP contribution >= 0.6 is 0 Å². The van der Waals surface area contributed by atoms with Gasteiger partial charge in [-0.3, -0.25) is 4.79 Å². The lowest BCUT2D eigenvalue weighted by Gasteiger charge is -2.48. The molecule has 3 unspecified atom stereocenters. The van der Waals surface area contributed by atoms with E-state index >= 15 is 0 Å². The molecule has 1 amide bonds. The van der Waals surface area contributed by atoms with Gasteiger partial charge in [0.25, 0.3) is 0 Å². The lowest BCUT2D eigenvalue weighted by molar-refractivity contribution is -0.114.